The summed E-state index contributed by atoms with van der Waals surface area (Å²) in [5.41, 5.74) is 18.0. The first-order valence-corrected chi connectivity index (χ1v) is 9.61. The van der Waals surface area contributed by atoms with Crippen LogP contribution in [-0.4, -0.2) is 44.6 Å². The SMILES string of the molecule is N=CN=N.NC(=O)CCCNC(=O)c1ccc(NCc2cnc3nc(N)[nH]c(=O)c3n2)cc1. The smallest absolute Gasteiger partial charge is 0.280 e. The maximum atomic E-state index is 12.0. The van der Waals surface area contributed by atoms with E-state index in [4.69, 9.17) is 22.4 Å². The van der Waals surface area contributed by atoms with Crippen molar-refractivity contribution in [2.45, 2.75) is 19.4 Å². The number of nitrogens with one attached hydrogen (secondary N) is 5. The van der Waals surface area contributed by atoms with Crippen molar-refractivity contribution in [3.8, 4) is 0 Å². The Morgan fingerprint density at radius 1 is 1.21 bits per heavy atom. The number of rotatable bonds is 9. The van der Waals surface area contributed by atoms with Crippen LogP contribution in [0.25, 0.3) is 11.2 Å². The summed E-state index contributed by atoms with van der Waals surface area (Å²) in [4.78, 5) is 49.3. The van der Waals surface area contributed by atoms with E-state index in [0.717, 1.165) is 5.69 Å². The number of hydrogen-bond donors (Lipinski definition) is 7. The molecule has 3 aromatic rings. The number of primary amides is 1. The average molecular weight is 453 g/mol. The fourth-order valence-corrected chi connectivity index (χ4v) is 2.55. The zero-order valence-electron chi connectivity index (χ0n) is 17.5. The van der Waals surface area contributed by atoms with Gasteiger partial charge in [-0.15, -0.1) is 5.11 Å². The van der Waals surface area contributed by atoms with E-state index in [9.17, 15) is 14.4 Å². The van der Waals surface area contributed by atoms with Crippen LogP contribution in [-0.2, 0) is 11.3 Å². The minimum absolute atomic E-state index is 0.0142. The van der Waals surface area contributed by atoms with Gasteiger partial charge in [0.2, 0.25) is 11.9 Å². The van der Waals surface area contributed by atoms with Gasteiger partial charge in [0, 0.05) is 24.2 Å². The van der Waals surface area contributed by atoms with Gasteiger partial charge in [-0.25, -0.2) is 15.5 Å². The molecule has 0 saturated heterocycles. The minimum Gasteiger partial charge on any atom is -0.379 e. The fraction of sp³-hybridized carbons (Fsp3) is 0.211. The van der Waals surface area contributed by atoms with Crippen molar-refractivity contribution in [1.82, 2.24) is 25.3 Å². The third-order valence-electron chi connectivity index (χ3n) is 4.06. The molecule has 33 heavy (non-hydrogen) atoms. The standard InChI is InChI=1S/C18H20N8O3.CH3N3/c19-13(27)2-1-7-21-16(28)10-3-5-11(6-4-10)22-8-12-9-23-15-14(24-12)17(29)26-18(20)25-15;2-1-4-3/h3-6,9,22H,1-2,7-8H2,(H2,19,27)(H,21,28)(H3,20,23,25,26,29);1-3H. The predicted molar refractivity (Wildman–Crippen MR) is 121 cm³/mol. The normalized spacial score (nSPS) is 9.94. The summed E-state index contributed by atoms with van der Waals surface area (Å²) in [5.74, 6) is -0.636. The Bertz CT molecular complexity index is 1190. The molecule has 0 spiro atoms. The summed E-state index contributed by atoms with van der Waals surface area (Å²) in [7, 11) is 0. The molecule has 0 unspecified atom stereocenters. The number of anilines is 2. The zero-order valence-corrected chi connectivity index (χ0v) is 17.5. The second-order valence-electron chi connectivity index (χ2n) is 6.50. The van der Waals surface area contributed by atoms with E-state index in [-0.39, 0.29) is 29.4 Å². The number of amides is 2. The van der Waals surface area contributed by atoms with Crippen LogP contribution in [0.3, 0.4) is 0 Å². The second kappa shape index (κ2) is 12.2. The Balaban J connectivity index is 0.000000890. The van der Waals surface area contributed by atoms with Crippen LogP contribution in [0.4, 0.5) is 11.6 Å². The molecule has 1 aromatic carbocycles. The number of hydrogen-bond acceptors (Lipinski definition) is 10. The fourth-order valence-electron chi connectivity index (χ4n) is 2.55. The van der Waals surface area contributed by atoms with Crippen molar-refractivity contribution >= 4 is 41.0 Å². The lowest BCUT2D eigenvalue weighted by Gasteiger charge is -2.08. The summed E-state index contributed by atoms with van der Waals surface area (Å²) < 4.78 is 0. The summed E-state index contributed by atoms with van der Waals surface area (Å²) in [6.07, 6.45) is 2.91. The molecule has 2 amide bonds. The minimum atomic E-state index is -0.451. The van der Waals surface area contributed by atoms with Crippen LogP contribution < -0.4 is 27.7 Å². The molecule has 14 nitrogen and oxygen atoms in total. The maximum Gasteiger partial charge on any atom is 0.280 e. The molecular formula is C19H23N11O3. The van der Waals surface area contributed by atoms with E-state index in [1.807, 2.05) is 0 Å². The first kappa shape index (κ1) is 24.5. The number of aromatic amines is 1. The van der Waals surface area contributed by atoms with Gasteiger partial charge in [-0.05, 0) is 30.7 Å². The highest BCUT2D eigenvalue weighted by Gasteiger charge is 2.08. The Morgan fingerprint density at radius 3 is 2.55 bits per heavy atom. The van der Waals surface area contributed by atoms with Crippen molar-refractivity contribution in [3.63, 3.8) is 0 Å². The molecule has 2 aromatic heterocycles. The summed E-state index contributed by atoms with van der Waals surface area (Å²) in [6, 6.07) is 6.86. The van der Waals surface area contributed by atoms with E-state index < -0.39 is 11.5 Å². The number of carbonyl (C=O) groups is 2. The van der Waals surface area contributed by atoms with Crippen molar-refractivity contribution < 1.29 is 9.59 Å². The Hall–Kier alpha value is -4.75. The van der Waals surface area contributed by atoms with Crippen LogP contribution in [0.2, 0.25) is 0 Å². The zero-order chi connectivity index (χ0) is 24.2. The molecule has 0 fully saturated rings. The average Bonchev–Trinajstić information content (AvgIpc) is 2.81. The lowest BCUT2D eigenvalue weighted by Crippen LogP contribution is -2.25. The van der Waals surface area contributed by atoms with Crippen LogP contribution in [0.5, 0.6) is 0 Å². The molecule has 0 aliphatic carbocycles. The van der Waals surface area contributed by atoms with Crippen LogP contribution in [0.15, 0.2) is 40.4 Å². The van der Waals surface area contributed by atoms with Gasteiger partial charge in [-0.2, -0.15) is 4.98 Å². The lowest BCUT2D eigenvalue weighted by atomic mass is 10.2. The molecule has 0 radical (unpaired) electrons. The van der Waals surface area contributed by atoms with Gasteiger partial charge < -0.3 is 22.1 Å². The summed E-state index contributed by atoms with van der Waals surface area (Å²) in [6.45, 7) is 0.702. The van der Waals surface area contributed by atoms with E-state index in [0.29, 0.717) is 37.1 Å². The van der Waals surface area contributed by atoms with Gasteiger partial charge in [-0.3, -0.25) is 24.8 Å². The van der Waals surface area contributed by atoms with Crippen molar-refractivity contribution in [1.29, 1.82) is 10.9 Å². The summed E-state index contributed by atoms with van der Waals surface area (Å²) >= 11 is 0. The van der Waals surface area contributed by atoms with Crippen LogP contribution in [0, 0.1) is 10.9 Å². The number of H-pyrrole nitrogens is 1. The van der Waals surface area contributed by atoms with Gasteiger partial charge in [0.1, 0.15) is 6.34 Å². The predicted octanol–water partition coefficient (Wildman–Crippen LogP) is 0.527. The largest absolute Gasteiger partial charge is 0.379 e. The van der Waals surface area contributed by atoms with Gasteiger partial charge in [-0.1, -0.05) is 0 Å². The molecule has 2 heterocycles. The molecule has 14 heteroatoms. The highest BCUT2D eigenvalue weighted by molar-refractivity contribution is 5.94. The quantitative estimate of drug-likeness (QED) is 0.104. The first-order valence-electron chi connectivity index (χ1n) is 9.61. The van der Waals surface area contributed by atoms with Crippen LogP contribution >= 0.6 is 0 Å². The number of nitrogens with two attached hydrogens (primary N) is 2. The molecular weight excluding hydrogens is 430 g/mol. The third-order valence-corrected chi connectivity index (χ3v) is 4.06. The van der Waals surface area contributed by atoms with Gasteiger partial charge in [0.25, 0.3) is 11.5 Å². The first-order chi connectivity index (χ1) is 15.8. The maximum absolute atomic E-state index is 12.0. The highest BCUT2D eigenvalue weighted by Crippen LogP contribution is 2.11. The summed E-state index contributed by atoms with van der Waals surface area (Å²) in [5, 5.41) is 14.4. The van der Waals surface area contributed by atoms with E-state index >= 15 is 0 Å². The number of fused-ring (bicyclic) bond motifs is 1. The topological polar surface area (TPSA) is 242 Å². The number of nitrogens with zero attached hydrogens (tertiary/aromatic N) is 4. The third kappa shape index (κ3) is 7.78. The monoisotopic (exact) mass is 453 g/mol. The lowest BCUT2D eigenvalue weighted by molar-refractivity contribution is -0.118. The number of benzene rings is 1. The Morgan fingerprint density at radius 2 is 1.91 bits per heavy atom. The molecule has 0 atom stereocenters. The molecule has 0 saturated carbocycles. The van der Waals surface area contributed by atoms with Crippen molar-refractivity contribution in [3.05, 3.63) is 52.1 Å². The molecule has 0 aliphatic rings. The molecule has 9 N–H and O–H groups in total. The van der Waals surface area contributed by atoms with Gasteiger partial charge >= 0.3 is 0 Å². The second-order valence-corrected chi connectivity index (χ2v) is 6.50. The number of nitrogen functional groups attached to an aromatic ring is 1. The number of carbonyl (C=O) groups excluding carboxylic acids is 2. The molecule has 3 rings (SSSR count). The number of aromatic nitrogens is 4. The van der Waals surface area contributed by atoms with Crippen molar-refractivity contribution in [2.75, 3.05) is 17.6 Å². The van der Waals surface area contributed by atoms with E-state index in [1.165, 1.54) is 6.20 Å². The Kier molecular flexibility index (Phi) is 9.06. The van der Waals surface area contributed by atoms with E-state index in [1.54, 1.807) is 24.3 Å². The molecule has 172 valence electrons. The van der Waals surface area contributed by atoms with Gasteiger partial charge in [0.15, 0.2) is 11.2 Å². The van der Waals surface area contributed by atoms with Crippen LogP contribution in [0.1, 0.15) is 28.9 Å². The molecule has 0 aliphatic heterocycles. The molecule has 0 bridgehead atoms. The Labute approximate surface area is 187 Å². The van der Waals surface area contributed by atoms with Gasteiger partial charge in [0.05, 0.1) is 18.4 Å². The van der Waals surface area contributed by atoms with Crippen molar-refractivity contribution in [2.24, 2.45) is 10.8 Å². The highest BCUT2D eigenvalue weighted by atomic mass is 16.2. The van der Waals surface area contributed by atoms with E-state index in [2.05, 4.69) is 35.7 Å².